The molecule has 0 fully saturated rings. The van der Waals surface area contributed by atoms with Crippen molar-refractivity contribution in [1.82, 2.24) is 10.6 Å². The van der Waals surface area contributed by atoms with Crippen molar-refractivity contribution in [2.45, 2.75) is 26.2 Å². The molecule has 0 aliphatic rings. The predicted octanol–water partition coefficient (Wildman–Crippen LogP) is 0.0366. The van der Waals surface area contributed by atoms with E-state index < -0.39 is 18.4 Å². The van der Waals surface area contributed by atoms with Crippen LogP contribution in [0, 0.1) is 0 Å². The zero-order chi connectivity index (χ0) is 16.1. The standard InChI is InChI=1S/C14H25N3O4/c1-4-5-6-12(18)20-14(21-13(19)11(2)3)17-10-9-16-8-7-15/h4,14,16-17H,1-2,5-10,15H2,3H3. The monoisotopic (exact) mass is 299 g/mol. The zero-order valence-electron chi connectivity index (χ0n) is 12.5. The molecule has 1 atom stereocenters. The Hall–Kier alpha value is -1.70. The molecule has 7 heteroatoms. The van der Waals surface area contributed by atoms with Crippen molar-refractivity contribution >= 4 is 11.9 Å². The third-order valence-corrected chi connectivity index (χ3v) is 2.29. The third kappa shape index (κ3) is 10.7. The van der Waals surface area contributed by atoms with Crippen molar-refractivity contribution < 1.29 is 19.1 Å². The second-order valence-corrected chi connectivity index (χ2v) is 4.33. The van der Waals surface area contributed by atoms with E-state index in [1.165, 1.54) is 6.92 Å². The maximum absolute atomic E-state index is 11.5. The smallest absolute Gasteiger partial charge is 0.337 e. The van der Waals surface area contributed by atoms with E-state index >= 15 is 0 Å². The van der Waals surface area contributed by atoms with Crippen LogP contribution in [-0.4, -0.2) is 44.5 Å². The molecular formula is C14H25N3O4. The predicted molar refractivity (Wildman–Crippen MR) is 80.1 cm³/mol. The summed E-state index contributed by atoms with van der Waals surface area (Å²) in [4.78, 5) is 23.0. The molecule has 0 radical (unpaired) electrons. The second kappa shape index (κ2) is 12.1. The van der Waals surface area contributed by atoms with E-state index in [4.69, 9.17) is 15.2 Å². The third-order valence-electron chi connectivity index (χ3n) is 2.29. The van der Waals surface area contributed by atoms with Gasteiger partial charge >= 0.3 is 18.4 Å². The Balaban J connectivity index is 4.26. The molecule has 0 aliphatic carbocycles. The number of hydrogen-bond donors (Lipinski definition) is 3. The Labute approximate surface area is 125 Å². The first-order valence-electron chi connectivity index (χ1n) is 6.82. The summed E-state index contributed by atoms with van der Waals surface area (Å²) in [6.45, 7) is 10.8. The molecule has 1 unspecified atom stereocenters. The molecule has 0 aromatic rings. The van der Waals surface area contributed by atoms with Gasteiger partial charge < -0.3 is 20.5 Å². The van der Waals surface area contributed by atoms with Crippen LogP contribution < -0.4 is 16.4 Å². The minimum Gasteiger partial charge on any atom is -0.411 e. The number of esters is 2. The maximum atomic E-state index is 11.5. The fourth-order valence-electron chi connectivity index (χ4n) is 1.21. The molecule has 120 valence electrons. The van der Waals surface area contributed by atoms with Gasteiger partial charge in [-0.15, -0.1) is 6.58 Å². The van der Waals surface area contributed by atoms with Gasteiger partial charge in [-0.1, -0.05) is 12.7 Å². The fourth-order valence-corrected chi connectivity index (χ4v) is 1.21. The van der Waals surface area contributed by atoms with Crippen LogP contribution in [0.15, 0.2) is 24.8 Å². The zero-order valence-corrected chi connectivity index (χ0v) is 12.5. The van der Waals surface area contributed by atoms with Gasteiger partial charge in [-0.3, -0.25) is 4.79 Å². The van der Waals surface area contributed by atoms with Gasteiger partial charge in [0.15, 0.2) is 0 Å². The van der Waals surface area contributed by atoms with E-state index in [0.717, 1.165) is 0 Å². The van der Waals surface area contributed by atoms with E-state index in [-0.39, 0.29) is 12.0 Å². The lowest BCUT2D eigenvalue weighted by molar-refractivity contribution is -0.191. The molecule has 0 bridgehead atoms. The summed E-state index contributed by atoms with van der Waals surface area (Å²) in [5, 5.41) is 5.87. The highest BCUT2D eigenvalue weighted by molar-refractivity contribution is 5.87. The molecule has 21 heavy (non-hydrogen) atoms. The largest absolute Gasteiger partial charge is 0.411 e. The molecule has 0 heterocycles. The van der Waals surface area contributed by atoms with E-state index in [1.807, 2.05) is 0 Å². The molecule has 0 rings (SSSR count). The van der Waals surface area contributed by atoms with Crippen molar-refractivity contribution in [3.8, 4) is 0 Å². The quantitative estimate of drug-likeness (QED) is 0.154. The minimum atomic E-state index is -1.13. The lowest BCUT2D eigenvalue weighted by atomic mass is 10.3. The summed E-state index contributed by atoms with van der Waals surface area (Å²) < 4.78 is 10.0. The molecule has 0 amide bonds. The van der Waals surface area contributed by atoms with E-state index in [0.29, 0.717) is 32.6 Å². The topological polar surface area (TPSA) is 103 Å². The number of carbonyl (C=O) groups excluding carboxylic acids is 2. The van der Waals surface area contributed by atoms with Gasteiger partial charge in [0, 0.05) is 38.2 Å². The van der Waals surface area contributed by atoms with Crippen LogP contribution in [0.4, 0.5) is 0 Å². The Kier molecular flexibility index (Phi) is 11.1. The van der Waals surface area contributed by atoms with Crippen LogP contribution >= 0.6 is 0 Å². The van der Waals surface area contributed by atoms with Gasteiger partial charge in [0.1, 0.15) is 0 Å². The summed E-state index contributed by atoms with van der Waals surface area (Å²) in [5.74, 6) is -1.10. The molecule has 0 aliphatic heterocycles. The lowest BCUT2D eigenvalue weighted by Crippen LogP contribution is -2.41. The maximum Gasteiger partial charge on any atom is 0.337 e. The molecule has 0 aromatic heterocycles. The number of hydrogen-bond acceptors (Lipinski definition) is 7. The molecule has 7 nitrogen and oxygen atoms in total. The van der Waals surface area contributed by atoms with Crippen LogP contribution in [-0.2, 0) is 19.1 Å². The first-order valence-corrected chi connectivity index (χ1v) is 6.82. The molecule has 0 aromatic carbocycles. The van der Waals surface area contributed by atoms with Crippen molar-refractivity contribution in [3.63, 3.8) is 0 Å². The van der Waals surface area contributed by atoms with Crippen molar-refractivity contribution in [1.29, 1.82) is 0 Å². The molecular weight excluding hydrogens is 274 g/mol. The Morgan fingerprint density at radius 2 is 2.00 bits per heavy atom. The summed E-state index contributed by atoms with van der Waals surface area (Å²) in [5.41, 5.74) is 5.57. The number of allylic oxidation sites excluding steroid dienone is 1. The summed E-state index contributed by atoms with van der Waals surface area (Å²) in [7, 11) is 0. The summed E-state index contributed by atoms with van der Waals surface area (Å²) in [6, 6.07) is 0. The van der Waals surface area contributed by atoms with Gasteiger partial charge in [0.05, 0.1) is 0 Å². The minimum absolute atomic E-state index is 0.178. The van der Waals surface area contributed by atoms with Crippen LogP contribution in [0.1, 0.15) is 19.8 Å². The van der Waals surface area contributed by atoms with E-state index in [9.17, 15) is 9.59 Å². The molecule has 4 N–H and O–H groups in total. The number of ether oxygens (including phenoxy) is 2. The van der Waals surface area contributed by atoms with E-state index in [1.54, 1.807) is 6.08 Å². The molecule has 0 saturated heterocycles. The Bertz CT molecular complexity index is 358. The highest BCUT2D eigenvalue weighted by atomic mass is 16.7. The van der Waals surface area contributed by atoms with Crippen molar-refractivity contribution in [2.75, 3.05) is 26.2 Å². The fraction of sp³-hybridized carbons (Fsp3) is 0.571. The van der Waals surface area contributed by atoms with Gasteiger partial charge in [0.25, 0.3) is 0 Å². The van der Waals surface area contributed by atoms with Crippen molar-refractivity contribution in [3.05, 3.63) is 24.8 Å². The van der Waals surface area contributed by atoms with Crippen LogP contribution in [0.3, 0.4) is 0 Å². The average molecular weight is 299 g/mol. The van der Waals surface area contributed by atoms with Gasteiger partial charge in [-0.2, -0.15) is 0 Å². The van der Waals surface area contributed by atoms with Crippen LogP contribution in [0.5, 0.6) is 0 Å². The summed E-state index contributed by atoms with van der Waals surface area (Å²) in [6.07, 6.45) is 1.15. The molecule has 0 saturated carbocycles. The number of rotatable bonds is 12. The number of nitrogens with one attached hydrogen (secondary N) is 2. The van der Waals surface area contributed by atoms with Crippen LogP contribution in [0.2, 0.25) is 0 Å². The normalized spacial score (nSPS) is 11.5. The van der Waals surface area contributed by atoms with Crippen molar-refractivity contribution in [2.24, 2.45) is 5.73 Å². The van der Waals surface area contributed by atoms with Crippen LogP contribution in [0.25, 0.3) is 0 Å². The Morgan fingerprint density at radius 1 is 1.29 bits per heavy atom. The first kappa shape index (κ1) is 19.3. The lowest BCUT2D eigenvalue weighted by Gasteiger charge is -2.19. The SMILES string of the molecule is C=CCCC(=O)OC(NCCNCCN)OC(=O)C(=C)C. The number of carbonyl (C=O) groups is 2. The molecule has 0 spiro atoms. The summed E-state index contributed by atoms with van der Waals surface area (Å²) >= 11 is 0. The van der Waals surface area contributed by atoms with E-state index in [2.05, 4.69) is 23.8 Å². The average Bonchev–Trinajstić information content (AvgIpc) is 2.44. The Morgan fingerprint density at radius 3 is 2.57 bits per heavy atom. The number of nitrogens with two attached hydrogens (primary N) is 1. The van der Waals surface area contributed by atoms with Gasteiger partial charge in [-0.25, -0.2) is 10.1 Å². The first-order chi connectivity index (χ1) is 10.0. The van der Waals surface area contributed by atoms with Gasteiger partial charge in [-0.05, 0) is 13.3 Å². The highest BCUT2D eigenvalue weighted by Gasteiger charge is 2.18. The van der Waals surface area contributed by atoms with Gasteiger partial charge in [0.2, 0.25) is 0 Å². The second-order valence-electron chi connectivity index (χ2n) is 4.33. The highest BCUT2D eigenvalue weighted by Crippen LogP contribution is 2.01.